The first-order chi connectivity index (χ1) is 16.1. The van der Waals surface area contributed by atoms with Gasteiger partial charge in [0.1, 0.15) is 11.6 Å². The van der Waals surface area contributed by atoms with Crippen molar-refractivity contribution in [2.24, 2.45) is 0 Å². The summed E-state index contributed by atoms with van der Waals surface area (Å²) in [7, 11) is 0. The van der Waals surface area contributed by atoms with Gasteiger partial charge in [0, 0.05) is 31.1 Å². The van der Waals surface area contributed by atoms with Crippen LogP contribution in [0.1, 0.15) is 54.4 Å². The Hall–Kier alpha value is -3.15. The number of aromatic nitrogens is 3. The lowest BCUT2D eigenvalue weighted by molar-refractivity contribution is -0.296. The zero-order valence-electron chi connectivity index (χ0n) is 18.9. The maximum absolute atomic E-state index is 13.3. The Labute approximate surface area is 195 Å². The molecule has 188 valence electrons. The number of benzene rings is 1. The number of aryl methyl sites for hydroxylation is 1. The molecule has 1 fully saturated rings. The van der Waals surface area contributed by atoms with Crippen molar-refractivity contribution in [3.8, 4) is 0 Å². The minimum atomic E-state index is -4.81. The molecule has 1 saturated carbocycles. The maximum atomic E-state index is 13.3. The van der Waals surface area contributed by atoms with Crippen molar-refractivity contribution < 1.29 is 31.4 Å². The lowest BCUT2D eigenvalue weighted by atomic mass is 9.75. The molecule has 0 aliphatic heterocycles. The van der Waals surface area contributed by atoms with E-state index < -0.39 is 54.0 Å². The van der Waals surface area contributed by atoms with E-state index in [0.29, 0.717) is 16.8 Å². The largest absolute Gasteiger partial charge is 0.417 e. The lowest BCUT2D eigenvalue weighted by Gasteiger charge is -2.44. The minimum Gasteiger partial charge on any atom is -0.380 e. The number of fused-ring (bicyclic) bond motifs is 1. The number of hydrogen-bond donors (Lipinski definition) is 2. The van der Waals surface area contributed by atoms with Crippen molar-refractivity contribution in [3.63, 3.8) is 0 Å². The molecular weight excluding hydrogens is 478 g/mol. The van der Waals surface area contributed by atoms with E-state index in [1.165, 1.54) is 25.3 Å². The fourth-order valence-electron chi connectivity index (χ4n) is 4.49. The van der Waals surface area contributed by atoms with Gasteiger partial charge in [0.15, 0.2) is 5.60 Å². The highest BCUT2D eigenvalue weighted by Gasteiger charge is 2.61. The molecule has 1 aliphatic rings. The van der Waals surface area contributed by atoms with Crippen LogP contribution in [0.25, 0.3) is 10.9 Å². The molecule has 1 atom stereocenters. The van der Waals surface area contributed by atoms with E-state index >= 15 is 0 Å². The second-order valence-corrected chi connectivity index (χ2v) is 8.91. The number of nitrogens with one attached hydrogen (secondary N) is 1. The standard InChI is InChI=1S/C23H22F6N4O2/c1-11-15(5-4-6-17(11)22(24,25)26)12(2)30-20-16-10-33(14-8-21(35,9-14)23(27,28)29)19(34)7-18(16)31-13(3)32-20/h4-7,10,12,14,35H,8-9H2,1-3H3,(H,30,31,32)/t12-,14-,21+/m1/s1. The van der Waals surface area contributed by atoms with Crippen LogP contribution in [0.5, 0.6) is 0 Å². The Bertz CT molecular complexity index is 1340. The summed E-state index contributed by atoms with van der Waals surface area (Å²) in [5.74, 6) is 0.510. The van der Waals surface area contributed by atoms with Gasteiger partial charge in [-0.3, -0.25) is 4.79 Å². The predicted molar refractivity (Wildman–Crippen MR) is 116 cm³/mol. The highest BCUT2D eigenvalue weighted by Crippen LogP contribution is 2.50. The molecule has 2 aromatic heterocycles. The van der Waals surface area contributed by atoms with Crippen LogP contribution < -0.4 is 10.9 Å². The number of pyridine rings is 1. The number of rotatable bonds is 4. The molecule has 0 radical (unpaired) electrons. The van der Waals surface area contributed by atoms with Crippen LogP contribution in [-0.2, 0) is 6.18 Å². The van der Waals surface area contributed by atoms with Gasteiger partial charge in [0.25, 0.3) is 5.56 Å². The van der Waals surface area contributed by atoms with Gasteiger partial charge in [0.2, 0.25) is 0 Å². The summed E-state index contributed by atoms with van der Waals surface area (Å²) >= 11 is 0. The topological polar surface area (TPSA) is 80.0 Å². The number of anilines is 1. The molecular formula is C23H22F6N4O2. The van der Waals surface area contributed by atoms with Crippen molar-refractivity contribution in [1.29, 1.82) is 0 Å². The molecule has 2 N–H and O–H groups in total. The number of aliphatic hydroxyl groups is 1. The summed E-state index contributed by atoms with van der Waals surface area (Å²) < 4.78 is 80.2. The molecule has 0 unspecified atom stereocenters. The van der Waals surface area contributed by atoms with Crippen molar-refractivity contribution in [2.75, 3.05) is 5.32 Å². The third-order valence-corrected chi connectivity index (χ3v) is 6.44. The number of halogens is 6. The molecule has 3 aromatic rings. The van der Waals surface area contributed by atoms with Gasteiger partial charge in [-0.15, -0.1) is 0 Å². The second-order valence-electron chi connectivity index (χ2n) is 8.91. The smallest absolute Gasteiger partial charge is 0.380 e. The Morgan fingerprint density at radius 2 is 1.80 bits per heavy atom. The average Bonchev–Trinajstić information content (AvgIpc) is 2.69. The fourth-order valence-corrected chi connectivity index (χ4v) is 4.49. The molecule has 35 heavy (non-hydrogen) atoms. The van der Waals surface area contributed by atoms with Gasteiger partial charge in [-0.2, -0.15) is 26.3 Å². The normalized spacial score (nSPS) is 21.6. The van der Waals surface area contributed by atoms with Crippen molar-refractivity contribution in [2.45, 2.75) is 63.7 Å². The second kappa shape index (κ2) is 8.21. The molecule has 1 aliphatic carbocycles. The van der Waals surface area contributed by atoms with Crippen LogP contribution in [0, 0.1) is 13.8 Å². The highest BCUT2D eigenvalue weighted by atomic mass is 19.4. The predicted octanol–water partition coefficient (Wildman–Crippen LogP) is 5.23. The van der Waals surface area contributed by atoms with Crippen LogP contribution >= 0.6 is 0 Å². The van der Waals surface area contributed by atoms with Crippen LogP contribution in [0.4, 0.5) is 32.2 Å². The summed E-state index contributed by atoms with van der Waals surface area (Å²) in [5, 5.41) is 13.1. The molecule has 0 amide bonds. The number of alkyl halides is 6. The summed E-state index contributed by atoms with van der Waals surface area (Å²) in [5.41, 5.74) is -3.54. The third kappa shape index (κ3) is 4.46. The Morgan fingerprint density at radius 1 is 1.14 bits per heavy atom. The quantitative estimate of drug-likeness (QED) is 0.480. The van der Waals surface area contributed by atoms with Crippen LogP contribution in [0.3, 0.4) is 0 Å². The Kier molecular flexibility index (Phi) is 5.86. The van der Waals surface area contributed by atoms with Gasteiger partial charge in [-0.25, -0.2) is 9.97 Å². The van der Waals surface area contributed by atoms with E-state index in [2.05, 4.69) is 15.3 Å². The maximum Gasteiger partial charge on any atom is 0.417 e. The van der Waals surface area contributed by atoms with Gasteiger partial charge >= 0.3 is 12.4 Å². The Morgan fingerprint density at radius 3 is 2.40 bits per heavy atom. The van der Waals surface area contributed by atoms with Crippen LogP contribution in [0.15, 0.2) is 35.3 Å². The number of nitrogens with zero attached hydrogens (tertiary/aromatic N) is 3. The van der Waals surface area contributed by atoms with Gasteiger partial charge in [-0.1, -0.05) is 12.1 Å². The third-order valence-electron chi connectivity index (χ3n) is 6.44. The number of hydrogen-bond acceptors (Lipinski definition) is 5. The van der Waals surface area contributed by atoms with Crippen molar-refractivity contribution in [3.05, 3.63) is 63.3 Å². The van der Waals surface area contributed by atoms with Gasteiger partial charge in [-0.05, 0) is 38.0 Å². The summed E-state index contributed by atoms with van der Waals surface area (Å²) in [6, 6.07) is 3.52. The minimum absolute atomic E-state index is 0.0490. The molecule has 4 rings (SSSR count). The molecule has 0 saturated heterocycles. The molecule has 12 heteroatoms. The van der Waals surface area contributed by atoms with Gasteiger partial charge in [0.05, 0.1) is 22.5 Å². The molecule has 1 aromatic carbocycles. The van der Waals surface area contributed by atoms with E-state index in [1.807, 2.05) is 0 Å². The highest BCUT2D eigenvalue weighted by molar-refractivity contribution is 5.88. The summed E-state index contributed by atoms with van der Waals surface area (Å²) in [4.78, 5) is 21.1. The van der Waals surface area contributed by atoms with E-state index in [4.69, 9.17) is 0 Å². The van der Waals surface area contributed by atoms with E-state index in [9.17, 15) is 36.2 Å². The monoisotopic (exact) mass is 500 g/mol. The van der Waals surface area contributed by atoms with E-state index in [1.54, 1.807) is 19.9 Å². The SMILES string of the molecule is Cc1nc(N[C@H](C)c2cccc(C(F)(F)F)c2C)c2cn([C@H]3C[C@](O)(C(F)(F)F)C3)c(=O)cc2n1. The van der Waals surface area contributed by atoms with Gasteiger partial charge < -0.3 is 15.0 Å². The molecule has 0 spiro atoms. The Balaban J connectivity index is 1.71. The summed E-state index contributed by atoms with van der Waals surface area (Å²) in [6.45, 7) is 4.60. The molecule has 2 heterocycles. The summed E-state index contributed by atoms with van der Waals surface area (Å²) in [6.07, 6.45) is -9.34. The first kappa shape index (κ1) is 25.0. The zero-order chi connectivity index (χ0) is 25.9. The zero-order valence-corrected chi connectivity index (χ0v) is 18.9. The van der Waals surface area contributed by atoms with Crippen LogP contribution in [-0.4, -0.2) is 31.4 Å². The lowest BCUT2D eigenvalue weighted by Crippen LogP contribution is -2.56. The van der Waals surface area contributed by atoms with Crippen molar-refractivity contribution >= 4 is 16.7 Å². The molecule has 0 bridgehead atoms. The van der Waals surface area contributed by atoms with Crippen molar-refractivity contribution in [1.82, 2.24) is 14.5 Å². The van der Waals surface area contributed by atoms with Crippen LogP contribution in [0.2, 0.25) is 0 Å². The first-order valence-corrected chi connectivity index (χ1v) is 10.7. The first-order valence-electron chi connectivity index (χ1n) is 10.7. The van der Waals surface area contributed by atoms with E-state index in [0.717, 1.165) is 10.6 Å². The molecule has 6 nitrogen and oxygen atoms in total. The fraction of sp³-hybridized carbons (Fsp3) is 0.435. The average molecular weight is 500 g/mol. The van der Waals surface area contributed by atoms with E-state index in [-0.39, 0.29) is 16.9 Å².